The first-order valence-electron chi connectivity index (χ1n) is 6.91. The van der Waals surface area contributed by atoms with E-state index in [9.17, 15) is 0 Å². The Hall–Kier alpha value is -1.24. The highest BCUT2D eigenvalue weighted by Gasteiger charge is 2.19. The van der Waals surface area contributed by atoms with E-state index < -0.39 is 0 Å². The van der Waals surface area contributed by atoms with Crippen molar-refractivity contribution in [2.24, 2.45) is 0 Å². The molecule has 2 aromatic rings. The quantitative estimate of drug-likeness (QED) is 0.934. The van der Waals surface area contributed by atoms with Crippen molar-refractivity contribution in [1.82, 2.24) is 15.3 Å². The standard InChI is InChI=1S/C14H20N4OS/c1-9-10(2)20-14-12(9)13(16-8-17-14)18(3)7-11-6-15-4-5-19-11/h8,11,15H,4-7H2,1-3H3. The number of thiophene rings is 1. The lowest BCUT2D eigenvalue weighted by Crippen LogP contribution is -2.44. The Balaban J connectivity index is 1.88. The zero-order valence-electron chi connectivity index (χ0n) is 12.1. The molecule has 3 heterocycles. The topological polar surface area (TPSA) is 50.3 Å². The van der Waals surface area contributed by atoms with Gasteiger partial charge in [0.05, 0.1) is 18.1 Å². The van der Waals surface area contributed by atoms with E-state index in [0.29, 0.717) is 0 Å². The van der Waals surface area contributed by atoms with Crippen LogP contribution in [0, 0.1) is 13.8 Å². The molecule has 1 aliphatic heterocycles. The molecule has 0 aromatic carbocycles. The summed E-state index contributed by atoms with van der Waals surface area (Å²) in [5, 5.41) is 4.54. The van der Waals surface area contributed by atoms with Crippen LogP contribution in [0.5, 0.6) is 0 Å². The number of rotatable bonds is 3. The van der Waals surface area contributed by atoms with Crippen LogP contribution in [0.3, 0.4) is 0 Å². The van der Waals surface area contributed by atoms with Crippen LogP contribution in [0.2, 0.25) is 0 Å². The van der Waals surface area contributed by atoms with Gasteiger partial charge in [-0.15, -0.1) is 11.3 Å². The predicted molar refractivity (Wildman–Crippen MR) is 82.8 cm³/mol. The number of morpholine rings is 1. The van der Waals surface area contributed by atoms with Crippen molar-refractivity contribution in [3.63, 3.8) is 0 Å². The van der Waals surface area contributed by atoms with Crippen LogP contribution in [0.25, 0.3) is 10.2 Å². The number of hydrogen-bond acceptors (Lipinski definition) is 6. The Labute approximate surface area is 123 Å². The Bertz CT molecular complexity index is 606. The second-order valence-electron chi connectivity index (χ2n) is 5.24. The Kier molecular flexibility index (Phi) is 3.87. The smallest absolute Gasteiger partial charge is 0.140 e. The zero-order chi connectivity index (χ0) is 14.1. The van der Waals surface area contributed by atoms with Crippen molar-refractivity contribution in [2.45, 2.75) is 20.0 Å². The summed E-state index contributed by atoms with van der Waals surface area (Å²) in [5.41, 5.74) is 1.29. The van der Waals surface area contributed by atoms with Gasteiger partial charge < -0.3 is 15.0 Å². The fraction of sp³-hybridized carbons (Fsp3) is 0.571. The van der Waals surface area contributed by atoms with E-state index in [1.807, 2.05) is 0 Å². The molecule has 5 nitrogen and oxygen atoms in total. The number of nitrogens with zero attached hydrogens (tertiary/aromatic N) is 3. The highest BCUT2D eigenvalue weighted by Crippen LogP contribution is 2.33. The molecule has 1 aliphatic rings. The van der Waals surface area contributed by atoms with E-state index in [2.05, 4.69) is 41.1 Å². The normalized spacial score (nSPS) is 19.4. The average Bonchev–Trinajstić information content (AvgIpc) is 2.75. The summed E-state index contributed by atoms with van der Waals surface area (Å²) in [6, 6.07) is 0. The van der Waals surface area contributed by atoms with Crippen LogP contribution in [-0.2, 0) is 4.74 Å². The van der Waals surface area contributed by atoms with E-state index in [1.54, 1.807) is 17.7 Å². The summed E-state index contributed by atoms with van der Waals surface area (Å²) in [6.45, 7) is 7.76. The molecule has 1 unspecified atom stereocenters. The molecule has 0 bridgehead atoms. The van der Waals surface area contributed by atoms with Crippen LogP contribution in [0.4, 0.5) is 5.82 Å². The van der Waals surface area contributed by atoms with E-state index >= 15 is 0 Å². The lowest BCUT2D eigenvalue weighted by Gasteiger charge is -2.28. The monoisotopic (exact) mass is 292 g/mol. The number of fused-ring (bicyclic) bond motifs is 1. The highest BCUT2D eigenvalue weighted by molar-refractivity contribution is 7.18. The van der Waals surface area contributed by atoms with Gasteiger partial charge in [0.25, 0.3) is 0 Å². The maximum atomic E-state index is 5.77. The number of ether oxygens (including phenoxy) is 1. The van der Waals surface area contributed by atoms with Crippen molar-refractivity contribution in [2.75, 3.05) is 38.2 Å². The summed E-state index contributed by atoms with van der Waals surface area (Å²) in [5.74, 6) is 1.01. The van der Waals surface area contributed by atoms with E-state index in [4.69, 9.17) is 4.74 Å². The van der Waals surface area contributed by atoms with Crippen LogP contribution >= 0.6 is 11.3 Å². The van der Waals surface area contributed by atoms with Crippen molar-refractivity contribution in [3.05, 3.63) is 16.8 Å². The average molecular weight is 292 g/mol. The lowest BCUT2D eigenvalue weighted by atomic mass is 10.2. The molecule has 0 amide bonds. The molecular formula is C14H20N4OS. The van der Waals surface area contributed by atoms with Crippen LogP contribution in [0.15, 0.2) is 6.33 Å². The minimum Gasteiger partial charge on any atom is -0.374 e. The Morgan fingerprint density at radius 2 is 2.30 bits per heavy atom. The molecule has 0 saturated carbocycles. The second-order valence-corrected chi connectivity index (χ2v) is 6.44. The number of aromatic nitrogens is 2. The van der Waals surface area contributed by atoms with Crippen LogP contribution < -0.4 is 10.2 Å². The molecule has 1 saturated heterocycles. The second kappa shape index (κ2) is 5.63. The van der Waals surface area contributed by atoms with Crippen LogP contribution in [0.1, 0.15) is 10.4 Å². The Morgan fingerprint density at radius 1 is 1.45 bits per heavy atom. The molecule has 3 rings (SSSR count). The summed E-state index contributed by atoms with van der Waals surface area (Å²) >= 11 is 1.74. The van der Waals surface area contributed by atoms with Gasteiger partial charge in [0.15, 0.2) is 0 Å². The van der Waals surface area contributed by atoms with E-state index in [-0.39, 0.29) is 6.10 Å². The number of nitrogens with one attached hydrogen (secondary N) is 1. The van der Waals surface area contributed by atoms with Crippen molar-refractivity contribution in [3.8, 4) is 0 Å². The zero-order valence-corrected chi connectivity index (χ0v) is 13.0. The maximum absolute atomic E-state index is 5.77. The fourth-order valence-corrected chi connectivity index (χ4v) is 3.57. The minimum atomic E-state index is 0.221. The van der Waals surface area contributed by atoms with E-state index in [0.717, 1.165) is 36.9 Å². The SMILES string of the molecule is Cc1sc2ncnc(N(C)CC3CNCCO3)c2c1C. The maximum Gasteiger partial charge on any atom is 0.140 e. The number of likely N-dealkylation sites (N-methyl/N-ethyl adjacent to an activating group) is 1. The van der Waals surface area contributed by atoms with Gasteiger partial charge in [-0.2, -0.15) is 0 Å². The molecule has 108 valence electrons. The van der Waals surface area contributed by atoms with Crippen molar-refractivity contribution < 1.29 is 4.74 Å². The van der Waals surface area contributed by atoms with Gasteiger partial charge in [0, 0.05) is 31.6 Å². The third-order valence-electron chi connectivity index (χ3n) is 3.79. The number of hydrogen-bond donors (Lipinski definition) is 1. The van der Waals surface area contributed by atoms with Gasteiger partial charge in [-0.3, -0.25) is 0 Å². The molecule has 6 heteroatoms. The first-order chi connectivity index (χ1) is 9.66. The fourth-order valence-electron chi connectivity index (χ4n) is 2.58. The Morgan fingerprint density at radius 3 is 3.05 bits per heavy atom. The lowest BCUT2D eigenvalue weighted by molar-refractivity contribution is 0.0339. The van der Waals surface area contributed by atoms with Gasteiger partial charge in [0.2, 0.25) is 0 Å². The summed E-state index contributed by atoms with van der Waals surface area (Å²) in [6.07, 6.45) is 1.88. The number of anilines is 1. The molecule has 0 radical (unpaired) electrons. The summed E-state index contributed by atoms with van der Waals surface area (Å²) in [7, 11) is 2.08. The minimum absolute atomic E-state index is 0.221. The first kappa shape index (κ1) is 13.7. The predicted octanol–water partition coefficient (Wildman–Crippen LogP) is 1.73. The van der Waals surface area contributed by atoms with Gasteiger partial charge in [-0.25, -0.2) is 9.97 Å². The molecule has 20 heavy (non-hydrogen) atoms. The molecule has 0 aliphatic carbocycles. The largest absolute Gasteiger partial charge is 0.374 e. The molecular weight excluding hydrogens is 272 g/mol. The summed E-state index contributed by atoms with van der Waals surface area (Å²) in [4.78, 5) is 13.4. The summed E-state index contributed by atoms with van der Waals surface area (Å²) < 4.78 is 5.77. The van der Waals surface area contributed by atoms with Crippen molar-refractivity contribution in [1.29, 1.82) is 0 Å². The van der Waals surface area contributed by atoms with Gasteiger partial charge in [-0.05, 0) is 19.4 Å². The third kappa shape index (κ3) is 2.51. The molecule has 1 atom stereocenters. The van der Waals surface area contributed by atoms with E-state index in [1.165, 1.54) is 15.8 Å². The van der Waals surface area contributed by atoms with Crippen molar-refractivity contribution >= 4 is 27.4 Å². The molecule has 0 spiro atoms. The first-order valence-corrected chi connectivity index (χ1v) is 7.72. The van der Waals surface area contributed by atoms with Crippen LogP contribution in [-0.4, -0.2) is 49.4 Å². The van der Waals surface area contributed by atoms with Gasteiger partial charge >= 0.3 is 0 Å². The molecule has 1 N–H and O–H groups in total. The van der Waals surface area contributed by atoms with Gasteiger partial charge in [0.1, 0.15) is 17.0 Å². The van der Waals surface area contributed by atoms with Gasteiger partial charge in [-0.1, -0.05) is 0 Å². The molecule has 2 aromatic heterocycles. The third-order valence-corrected chi connectivity index (χ3v) is 4.90. The molecule has 1 fully saturated rings. The highest BCUT2D eigenvalue weighted by atomic mass is 32.1. The number of aryl methyl sites for hydroxylation is 2.